The molecule has 0 spiro atoms. The third kappa shape index (κ3) is 3.76. The molecule has 0 amide bonds. The summed E-state index contributed by atoms with van der Waals surface area (Å²) < 4.78 is 14.9. The monoisotopic (exact) mass is 320 g/mol. The Kier molecular flexibility index (Phi) is 5.77. The highest BCUT2D eigenvalue weighted by atomic mass is 32.1. The fourth-order valence-corrected chi connectivity index (χ4v) is 2.63. The van der Waals surface area contributed by atoms with Crippen molar-refractivity contribution in [2.24, 2.45) is 0 Å². The lowest BCUT2D eigenvalue weighted by molar-refractivity contribution is 0.0533. The first-order valence-electron chi connectivity index (χ1n) is 7.32. The summed E-state index contributed by atoms with van der Waals surface area (Å²) in [6, 6.07) is 7.57. The molecule has 0 bridgehead atoms. The minimum atomic E-state index is -0.431. The highest BCUT2D eigenvalue weighted by Crippen LogP contribution is 2.32. The summed E-state index contributed by atoms with van der Waals surface area (Å²) >= 11 is 1.06. The van der Waals surface area contributed by atoms with Crippen molar-refractivity contribution in [1.82, 2.24) is 4.37 Å². The van der Waals surface area contributed by atoms with Gasteiger partial charge in [-0.25, -0.2) is 4.79 Å². The van der Waals surface area contributed by atoms with Crippen LogP contribution in [-0.4, -0.2) is 23.6 Å². The van der Waals surface area contributed by atoms with E-state index >= 15 is 0 Å². The number of nitrogen functional groups attached to an aromatic ring is 1. The number of nitrogens with zero attached hydrogens (tertiary/aromatic N) is 1. The maximum absolute atomic E-state index is 11.8. The van der Waals surface area contributed by atoms with E-state index in [9.17, 15) is 4.79 Å². The zero-order valence-corrected chi connectivity index (χ0v) is 13.6. The Hall–Kier alpha value is -2.08. The predicted octanol–water partition coefficient (Wildman–Crippen LogP) is 3.75. The van der Waals surface area contributed by atoms with Crippen LogP contribution in [0.3, 0.4) is 0 Å². The second-order valence-corrected chi connectivity index (χ2v) is 5.50. The number of hydrogen-bond donors (Lipinski definition) is 1. The van der Waals surface area contributed by atoms with Crippen molar-refractivity contribution in [3.8, 4) is 17.0 Å². The summed E-state index contributed by atoms with van der Waals surface area (Å²) in [4.78, 5) is 12.1. The van der Waals surface area contributed by atoms with Gasteiger partial charge in [0.15, 0.2) is 4.88 Å². The van der Waals surface area contributed by atoms with Gasteiger partial charge in [-0.15, -0.1) is 0 Å². The lowest BCUT2D eigenvalue weighted by atomic mass is 10.1. The van der Waals surface area contributed by atoms with Crippen LogP contribution in [0, 0.1) is 0 Å². The Labute approximate surface area is 134 Å². The van der Waals surface area contributed by atoms with Crippen molar-refractivity contribution in [1.29, 1.82) is 0 Å². The predicted molar refractivity (Wildman–Crippen MR) is 88.3 cm³/mol. The van der Waals surface area contributed by atoms with Gasteiger partial charge in [0, 0.05) is 5.56 Å². The van der Waals surface area contributed by atoms with Gasteiger partial charge in [-0.1, -0.05) is 25.5 Å². The number of anilines is 1. The minimum absolute atomic E-state index is 0.312. The molecule has 0 aliphatic carbocycles. The molecule has 0 saturated heterocycles. The Balaban J connectivity index is 2.21. The number of nitrogens with two attached hydrogens (primary N) is 1. The molecule has 118 valence electrons. The number of unbranched alkanes of at least 4 members (excludes halogenated alkanes) is 1. The SMILES string of the molecule is CCCCOc1cccc(-c2nsc(C(=O)OCC)c2N)c1. The number of carbonyl (C=O) groups excluding carboxylic acids is 1. The number of ether oxygens (including phenoxy) is 2. The van der Waals surface area contributed by atoms with Crippen LogP contribution in [0.5, 0.6) is 5.75 Å². The summed E-state index contributed by atoms with van der Waals surface area (Å²) in [6.07, 6.45) is 2.09. The Morgan fingerprint density at radius 1 is 1.36 bits per heavy atom. The number of esters is 1. The van der Waals surface area contributed by atoms with Crippen molar-refractivity contribution < 1.29 is 14.3 Å². The van der Waals surface area contributed by atoms with Crippen molar-refractivity contribution in [2.75, 3.05) is 18.9 Å². The van der Waals surface area contributed by atoms with Crippen LogP contribution in [0.15, 0.2) is 24.3 Å². The highest BCUT2D eigenvalue weighted by Gasteiger charge is 2.19. The van der Waals surface area contributed by atoms with E-state index in [1.165, 1.54) is 0 Å². The first kappa shape index (κ1) is 16.3. The lowest BCUT2D eigenvalue weighted by Crippen LogP contribution is -2.05. The lowest BCUT2D eigenvalue weighted by Gasteiger charge is -2.07. The van der Waals surface area contributed by atoms with Crippen molar-refractivity contribution in [2.45, 2.75) is 26.7 Å². The molecule has 1 heterocycles. The number of hydrogen-bond acceptors (Lipinski definition) is 6. The molecular formula is C16H20N2O3S. The van der Waals surface area contributed by atoms with Gasteiger partial charge in [-0.3, -0.25) is 0 Å². The second-order valence-electron chi connectivity index (χ2n) is 4.72. The smallest absolute Gasteiger partial charge is 0.352 e. The second kappa shape index (κ2) is 7.79. The van der Waals surface area contributed by atoms with Gasteiger partial charge in [0.1, 0.15) is 11.4 Å². The molecule has 2 aromatic rings. The molecule has 0 aliphatic rings. The third-order valence-electron chi connectivity index (χ3n) is 3.06. The average molecular weight is 320 g/mol. The van der Waals surface area contributed by atoms with E-state index in [2.05, 4.69) is 11.3 Å². The average Bonchev–Trinajstić information content (AvgIpc) is 2.90. The summed E-state index contributed by atoms with van der Waals surface area (Å²) in [5, 5.41) is 0. The van der Waals surface area contributed by atoms with Crippen molar-refractivity contribution >= 4 is 23.2 Å². The minimum Gasteiger partial charge on any atom is -0.494 e. The molecule has 2 rings (SSSR count). The standard InChI is InChI=1S/C16H20N2O3S/c1-3-5-9-21-12-8-6-7-11(10-12)14-13(17)15(22-18-14)16(19)20-4-2/h6-8,10H,3-5,9,17H2,1-2H3. The zero-order chi connectivity index (χ0) is 15.9. The molecule has 0 unspecified atom stereocenters. The van der Waals surface area contributed by atoms with Gasteiger partial charge >= 0.3 is 5.97 Å². The van der Waals surface area contributed by atoms with Crippen LogP contribution in [-0.2, 0) is 4.74 Å². The molecular weight excluding hydrogens is 300 g/mol. The van der Waals surface area contributed by atoms with Gasteiger partial charge in [-0.05, 0) is 37.0 Å². The molecule has 0 aliphatic heterocycles. The van der Waals surface area contributed by atoms with Crippen LogP contribution in [0.4, 0.5) is 5.69 Å². The van der Waals surface area contributed by atoms with E-state index in [4.69, 9.17) is 15.2 Å². The molecule has 0 atom stereocenters. The molecule has 0 radical (unpaired) electrons. The van der Waals surface area contributed by atoms with E-state index in [0.717, 1.165) is 35.7 Å². The van der Waals surface area contributed by atoms with Gasteiger partial charge in [0.2, 0.25) is 0 Å². The maximum Gasteiger partial charge on any atom is 0.352 e. The van der Waals surface area contributed by atoms with E-state index in [-0.39, 0.29) is 0 Å². The van der Waals surface area contributed by atoms with Crippen LogP contribution in [0.2, 0.25) is 0 Å². The van der Waals surface area contributed by atoms with Crippen LogP contribution in [0.25, 0.3) is 11.3 Å². The Morgan fingerprint density at radius 3 is 2.91 bits per heavy atom. The number of aromatic nitrogens is 1. The van der Waals surface area contributed by atoms with Crippen molar-refractivity contribution in [3.05, 3.63) is 29.1 Å². The molecule has 1 aromatic carbocycles. The third-order valence-corrected chi connectivity index (χ3v) is 3.91. The van der Waals surface area contributed by atoms with Gasteiger partial charge in [-0.2, -0.15) is 4.37 Å². The fraction of sp³-hybridized carbons (Fsp3) is 0.375. The normalized spacial score (nSPS) is 10.5. The van der Waals surface area contributed by atoms with E-state index in [0.29, 0.717) is 29.5 Å². The van der Waals surface area contributed by atoms with Crippen molar-refractivity contribution in [3.63, 3.8) is 0 Å². The first-order valence-corrected chi connectivity index (χ1v) is 8.10. The summed E-state index contributed by atoms with van der Waals surface area (Å²) in [5.74, 6) is 0.343. The largest absolute Gasteiger partial charge is 0.494 e. The molecule has 22 heavy (non-hydrogen) atoms. The zero-order valence-electron chi connectivity index (χ0n) is 12.8. The van der Waals surface area contributed by atoms with Gasteiger partial charge < -0.3 is 15.2 Å². The number of rotatable bonds is 7. The summed E-state index contributed by atoms with van der Waals surface area (Å²) in [5.41, 5.74) is 7.82. The van der Waals surface area contributed by atoms with Crippen LogP contribution < -0.4 is 10.5 Å². The Morgan fingerprint density at radius 2 is 2.18 bits per heavy atom. The number of carbonyl (C=O) groups is 1. The van der Waals surface area contributed by atoms with E-state index in [1.54, 1.807) is 6.92 Å². The molecule has 0 saturated carbocycles. The van der Waals surface area contributed by atoms with E-state index < -0.39 is 5.97 Å². The molecule has 2 N–H and O–H groups in total. The van der Waals surface area contributed by atoms with Crippen LogP contribution >= 0.6 is 11.5 Å². The molecule has 1 aromatic heterocycles. The molecule has 0 fully saturated rings. The highest BCUT2D eigenvalue weighted by molar-refractivity contribution is 7.09. The van der Waals surface area contributed by atoms with Gasteiger partial charge in [0.25, 0.3) is 0 Å². The quantitative estimate of drug-likeness (QED) is 0.621. The summed E-state index contributed by atoms with van der Waals surface area (Å²) in [7, 11) is 0. The maximum atomic E-state index is 11.8. The van der Waals surface area contributed by atoms with Crippen LogP contribution in [0.1, 0.15) is 36.4 Å². The Bertz CT molecular complexity index is 640. The molecule has 6 heteroatoms. The first-order chi connectivity index (χ1) is 10.7. The van der Waals surface area contributed by atoms with E-state index in [1.807, 2.05) is 24.3 Å². The topological polar surface area (TPSA) is 74.4 Å². The summed E-state index contributed by atoms with van der Waals surface area (Å²) in [6.45, 7) is 4.87. The van der Waals surface area contributed by atoms with Gasteiger partial charge in [0.05, 0.1) is 18.9 Å². The number of benzene rings is 1. The molecule has 5 nitrogen and oxygen atoms in total. The fourth-order valence-electron chi connectivity index (χ4n) is 1.92.